The molecule has 0 fully saturated rings. The second-order valence-electron chi connectivity index (χ2n) is 4.74. The number of nitrogens with zero attached hydrogens (tertiary/aromatic N) is 1. The van der Waals surface area contributed by atoms with Gasteiger partial charge < -0.3 is 15.4 Å². The van der Waals surface area contributed by atoms with Gasteiger partial charge in [-0.15, -0.1) is 0 Å². The van der Waals surface area contributed by atoms with Gasteiger partial charge in [0.2, 0.25) is 0 Å². The van der Waals surface area contributed by atoms with Crippen molar-refractivity contribution in [3.05, 3.63) is 63.3 Å². The first-order valence-electron chi connectivity index (χ1n) is 6.57. The molecule has 0 saturated heterocycles. The van der Waals surface area contributed by atoms with Crippen LogP contribution in [0.5, 0.6) is 0 Å². The number of hydrogen-bond donors (Lipinski definition) is 3. The average molecular weight is 287 g/mol. The smallest absolute Gasteiger partial charge is 0.279 e. The van der Waals surface area contributed by atoms with Crippen molar-refractivity contribution in [3.8, 4) is 0 Å². The Bertz CT molecular complexity index is 695. The molecule has 0 bridgehead atoms. The predicted molar refractivity (Wildman–Crippen MR) is 78.1 cm³/mol. The van der Waals surface area contributed by atoms with Crippen molar-refractivity contribution >= 4 is 5.91 Å². The van der Waals surface area contributed by atoms with Gasteiger partial charge >= 0.3 is 0 Å². The standard InChI is InChI=1S/C15H17N3O3/c1-9-10(2)17-14(20)13(16-9)15(21)18-12(8-19)11-6-4-3-5-7-11/h3-7,12,19H,8H2,1-2H3,(H,17,20)(H,18,21)/t12-/m1/s1. The monoisotopic (exact) mass is 287 g/mol. The predicted octanol–water partition coefficient (Wildman–Crippen LogP) is 0.850. The van der Waals surface area contributed by atoms with Crippen LogP contribution in [0.2, 0.25) is 0 Å². The van der Waals surface area contributed by atoms with Crippen LogP contribution in [-0.2, 0) is 0 Å². The molecule has 1 atom stereocenters. The third-order valence-corrected chi connectivity index (χ3v) is 3.24. The highest BCUT2D eigenvalue weighted by Crippen LogP contribution is 2.12. The third kappa shape index (κ3) is 3.35. The van der Waals surface area contributed by atoms with E-state index in [9.17, 15) is 14.7 Å². The van der Waals surface area contributed by atoms with Gasteiger partial charge in [-0.05, 0) is 19.4 Å². The molecule has 0 spiro atoms. The van der Waals surface area contributed by atoms with Crippen molar-refractivity contribution in [2.45, 2.75) is 19.9 Å². The maximum Gasteiger partial charge on any atom is 0.279 e. The highest BCUT2D eigenvalue weighted by molar-refractivity contribution is 5.92. The van der Waals surface area contributed by atoms with Gasteiger partial charge in [-0.2, -0.15) is 0 Å². The topological polar surface area (TPSA) is 95.1 Å². The summed E-state index contributed by atoms with van der Waals surface area (Å²) in [7, 11) is 0. The lowest BCUT2D eigenvalue weighted by atomic mass is 10.1. The average Bonchev–Trinajstić information content (AvgIpc) is 2.49. The summed E-state index contributed by atoms with van der Waals surface area (Å²) >= 11 is 0. The van der Waals surface area contributed by atoms with Gasteiger partial charge in [-0.1, -0.05) is 30.3 Å². The molecule has 2 rings (SSSR count). The Morgan fingerprint density at radius 1 is 1.33 bits per heavy atom. The molecule has 1 aromatic carbocycles. The van der Waals surface area contributed by atoms with Crippen LogP contribution in [0.25, 0.3) is 0 Å². The van der Waals surface area contributed by atoms with Crippen LogP contribution >= 0.6 is 0 Å². The molecule has 1 aromatic heterocycles. The highest BCUT2D eigenvalue weighted by Gasteiger charge is 2.19. The molecule has 0 saturated carbocycles. The van der Waals surface area contributed by atoms with E-state index in [-0.39, 0.29) is 12.3 Å². The number of carbonyl (C=O) groups excluding carboxylic acids is 1. The van der Waals surface area contributed by atoms with Crippen LogP contribution < -0.4 is 10.9 Å². The molecule has 6 nitrogen and oxygen atoms in total. The first kappa shape index (κ1) is 14.9. The van der Waals surface area contributed by atoms with Gasteiger partial charge in [0.15, 0.2) is 5.69 Å². The molecule has 0 aliphatic heterocycles. The molecule has 110 valence electrons. The molecule has 6 heteroatoms. The lowest BCUT2D eigenvalue weighted by molar-refractivity contribution is 0.0909. The van der Waals surface area contributed by atoms with Gasteiger partial charge in [0.1, 0.15) is 0 Å². The third-order valence-electron chi connectivity index (χ3n) is 3.24. The molecule has 0 aliphatic carbocycles. The summed E-state index contributed by atoms with van der Waals surface area (Å²) in [6, 6.07) is 8.46. The number of aromatic amines is 1. The number of amides is 1. The Hall–Kier alpha value is -2.47. The quantitative estimate of drug-likeness (QED) is 0.777. The Morgan fingerprint density at radius 2 is 2.00 bits per heavy atom. The summed E-state index contributed by atoms with van der Waals surface area (Å²) in [4.78, 5) is 30.6. The molecule has 3 N–H and O–H groups in total. The first-order chi connectivity index (χ1) is 10.0. The first-order valence-corrected chi connectivity index (χ1v) is 6.57. The van der Waals surface area contributed by atoms with Crippen molar-refractivity contribution < 1.29 is 9.90 Å². The van der Waals surface area contributed by atoms with Crippen molar-refractivity contribution in [3.63, 3.8) is 0 Å². The molecular weight excluding hydrogens is 270 g/mol. The van der Waals surface area contributed by atoms with E-state index in [0.717, 1.165) is 5.56 Å². The summed E-state index contributed by atoms with van der Waals surface area (Å²) in [5.41, 5.74) is 1.22. The van der Waals surface area contributed by atoms with Crippen LogP contribution in [0.15, 0.2) is 35.1 Å². The van der Waals surface area contributed by atoms with Crippen LogP contribution in [0, 0.1) is 13.8 Å². The van der Waals surface area contributed by atoms with Crippen molar-refractivity contribution in [2.75, 3.05) is 6.61 Å². The second kappa shape index (κ2) is 6.32. The molecule has 1 heterocycles. The highest BCUT2D eigenvalue weighted by atomic mass is 16.3. The van der Waals surface area contributed by atoms with Gasteiger partial charge in [-0.3, -0.25) is 9.59 Å². The summed E-state index contributed by atoms with van der Waals surface area (Å²) < 4.78 is 0. The molecule has 0 radical (unpaired) electrons. The van der Waals surface area contributed by atoms with E-state index >= 15 is 0 Å². The number of carbonyl (C=O) groups is 1. The van der Waals surface area contributed by atoms with E-state index in [1.165, 1.54) is 0 Å². The zero-order valence-electron chi connectivity index (χ0n) is 11.9. The molecule has 21 heavy (non-hydrogen) atoms. The van der Waals surface area contributed by atoms with Gasteiger partial charge in [-0.25, -0.2) is 4.98 Å². The van der Waals surface area contributed by atoms with E-state index in [0.29, 0.717) is 11.4 Å². The fourth-order valence-electron chi connectivity index (χ4n) is 1.92. The van der Waals surface area contributed by atoms with Gasteiger partial charge in [0.25, 0.3) is 11.5 Å². The van der Waals surface area contributed by atoms with Crippen molar-refractivity contribution in [1.82, 2.24) is 15.3 Å². The van der Waals surface area contributed by atoms with E-state index < -0.39 is 17.5 Å². The molecule has 1 amide bonds. The van der Waals surface area contributed by atoms with Crippen LogP contribution in [0.3, 0.4) is 0 Å². The summed E-state index contributed by atoms with van der Waals surface area (Å²) in [6.07, 6.45) is 0. The van der Waals surface area contributed by atoms with Gasteiger partial charge in [0.05, 0.1) is 18.3 Å². The van der Waals surface area contributed by atoms with Crippen LogP contribution in [0.4, 0.5) is 0 Å². The summed E-state index contributed by atoms with van der Waals surface area (Å²) in [5.74, 6) is -0.609. The van der Waals surface area contributed by atoms with E-state index in [1.807, 2.05) is 18.2 Å². The van der Waals surface area contributed by atoms with E-state index in [4.69, 9.17) is 0 Å². The lowest BCUT2D eigenvalue weighted by Gasteiger charge is -2.16. The van der Waals surface area contributed by atoms with Crippen molar-refractivity contribution in [2.24, 2.45) is 0 Å². The number of benzene rings is 1. The minimum absolute atomic E-state index is 0.201. The Kier molecular flexibility index (Phi) is 4.49. The van der Waals surface area contributed by atoms with E-state index in [1.54, 1.807) is 26.0 Å². The maximum absolute atomic E-state index is 12.2. The Morgan fingerprint density at radius 3 is 2.62 bits per heavy atom. The van der Waals surface area contributed by atoms with Crippen molar-refractivity contribution in [1.29, 1.82) is 0 Å². The number of aliphatic hydroxyl groups is 1. The Balaban J connectivity index is 2.25. The van der Waals surface area contributed by atoms with Crippen LogP contribution in [0.1, 0.15) is 33.5 Å². The molecule has 0 unspecified atom stereocenters. The normalized spacial score (nSPS) is 12.0. The van der Waals surface area contributed by atoms with Crippen LogP contribution in [-0.4, -0.2) is 27.6 Å². The molecule has 0 aliphatic rings. The molecule has 2 aromatic rings. The number of aromatic nitrogens is 2. The SMILES string of the molecule is Cc1nc(C(=O)N[C@H](CO)c2ccccc2)c(=O)[nH]c1C. The fraction of sp³-hybridized carbons (Fsp3) is 0.267. The fourth-order valence-corrected chi connectivity index (χ4v) is 1.92. The number of H-pyrrole nitrogens is 1. The zero-order chi connectivity index (χ0) is 15.4. The van der Waals surface area contributed by atoms with Gasteiger partial charge in [0, 0.05) is 5.69 Å². The number of aryl methyl sites for hydroxylation is 2. The minimum Gasteiger partial charge on any atom is -0.394 e. The number of hydrogen-bond acceptors (Lipinski definition) is 4. The second-order valence-corrected chi connectivity index (χ2v) is 4.74. The number of aliphatic hydroxyl groups excluding tert-OH is 1. The minimum atomic E-state index is -0.609. The number of nitrogens with one attached hydrogen (secondary N) is 2. The van der Waals surface area contributed by atoms with E-state index in [2.05, 4.69) is 15.3 Å². The lowest BCUT2D eigenvalue weighted by Crippen LogP contribution is -2.35. The largest absolute Gasteiger partial charge is 0.394 e. The molecular formula is C15H17N3O3. The maximum atomic E-state index is 12.2. The summed E-state index contributed by atoms with van der Waals surface area (Å²) in [5, 5.41) is 12.0. The number of rotatable bonds is 4. The summed E-state index contributed by atoms with van der Waals surface area (Å²) in [6.45, 7) is 3.16. The Labute approximate surface area is 121 Å². The zero-order valence-corrected chi connectivity index (χ0v) is 11.9.